The van der Waals surface area contributed by atoms with Crippen molar-refractivity contribution in [3.63, 3.8) is 0 Å². The zero-order valence-electron chi connectivity index (χ0n) is 4.62. The molecule has 1 atom stereocenters. The van der Waals surface area contributed by atoms with E-state index < -0.39 is 6.50 Å². The summed E-state index contributed by atoms with van der Waals surface area (Å²) in [6.45, 7) is -1.33. The van der Waals surface area contributed by atoms with Crippen molar-refractivity contribution in [1.82, 2.24) is 0 Å². The van der Waals surface area contributed by atoms with E-state index in [1.807, 2.05) is 30.3 Å². The molecular formula is C6H5BrOP+. The highest BCUT2D eigenvalue weighted by Crippen LogP contribution is 2.27. The van der Waals surface area contributed by atoms with E-state index in [1.165, 1.54) is 0 Å². The highest BCUT2D eigenvalue weighted by atomic mass is 79.9. The van der Waals surface area contributed by atoms with Crippen molar-refractivity contribution in [2.75, 3.05) is 0 Å². The molecule has 46 valence electrons. The molecule has 3 heteroatoms. The number of benzene rings is 1. The Morgan fingerprint density at radius 3 is 2.11 bits per heavy atom. The first kappa shape index (κ1) is 6.91. The summed E-state index contributed by atoms with van der Waals surface area (Å²) in [5.41, 5.74) is 0. The van der Waals surface area contributed by atoms with E-state index in [1.54, 1.807) is 0 Å². The van der Waals surface area contributed by atoms with Crippen LogP contribution in [0.2, 0.25) is 0 Å². The van der Waals surface area contributed by atoms with Crippen molar-refractivity contribution in [3.8, 4) is 0 Å². The Morgan fingerprint density at radius 1 is 1.22 bits per heavy atom. The van der Waals surface area contributed by atoms with E-state index in [9.17, 15) is 4.57 Å². The van der Waals surface area contributed by atoms with Gasteiger partial charge in [-0.2, -0.15) is 0 Å². The monoisotopic (exact) mass is 203 g/mol. The summed E-state index contributed by atoms with van der Waals surface area (Å²) in [5.74, 6) is 0. The van der Waals surface area contributed by atoms with Gasteiger partial charge in [-0.25, -0.2) is 0 Å². The van der Waals surface area contributed by atoms with Crippen LogP contribution in [0.15, 0.2) is 30.3 Å². The van der Waals surface area contributed by atoms with Gasteiger partial charge in [0.15, 0.2) is 0 Å². The molecule has 1 rings (SSSR count). The van der Waals surface area contributed by atoms with Crippen molar-refractivity contribution < 1.29 is 4.57 Å². The van der Waals surface area contributed by atoms with Crippen LogP contribution in [0.3, 0.4) is 0 Å². The number of hydrogen-bond donors (Lipinski definition) is 0. The summed E-state index contributed by atoms with van der Waals surface area (Å²) < 4.78 is 10.7. The van der Waals surface area contributed by atoms with E-state index >= 15 is 0 Å². The lowest BCUT2D eigenvalue weighted by Gasteiger charge is -1.77. The largest absolute Gasteiger partial charge is 0.455 e. The fourth-order valence-corrected chi connectivity index (χ4v) is 1.66. The predicted octanol–water partition coefficient (Wildman–Crippen LogP) is 2.45. The molecule has 1 aromatic carbocycles. The van der Waals surface area contributed by atoms with Gasteiger partial charge >= 0.3 is 6.50 Å². The third kappa shape index (κ3) is 1.88. The maximum atomic E-state index is 10.7. The van der Waals surface area contributed by atoms with Crippen LogP contribution in [0.5, 0.6) is 0 Å². The number of hydrogen-bond acceptors (Lipinski definition) is 1. The molecule has 0 aliphatic heterocycles. The predicted molar refractivity (Wildman–Crippen MR) is 42.6 cm³/mol. The van der Waals surface area contributed by atoms with Gasteiger partial charge in [0.25, 0.3) is 15.5 Å². The Labute approximate surface area is 62.6 Å². The third-order valence-corrected chi connectivity index (χ3v) is 2.89. The summed E-state index contributed by atoms with van der Waals surface area (Å²) in [5, 5.41) is 0.840. The normalized spacial score (nSPS) is 11.0. The summed E-state index contributed by atoms with van der Waals surface area (Å²) in [6.07, 6.45) is 0. The number of rotatable bonds is 1. The van der Waals surface area contributed by atoms with Gasteiger partial charge in [-0.15, -0.1) is 0 Å². The molecule has 0 bridgehead atoms. The minimum atomic E-state index is -1.33. The quantitative estimate of drug-likeness (QED) is 0.642. The minimum absolute atomic E-state index is 0.840. The number of halogens is 1. The lowest BCUT2D eigenvalue weighted by molar-refractivity contribution is 0.601. The molecule has 1 aromatic rings. The average molecular weight is 204 g/mol. The second-order valence-electron chi connectivity index (χ2n) is 1.58. The fraction of sp³-hybridized carbons (Fsp3) is 0. The average Bonchev–Trinajstić information content (AvgIpc) is 1.90. The molecule has 0 amide bonds. The summed E-state index contributed by atoms with van der Waals surface area (Å²) in [4.78, 5) is 0. The molecule has 1 nitrogen and oxygen atoms in total. The van der Waals surface area contributed by atoms with Crippen molar-refractivity contribution in [2.45, 2.75) is 0 Å². The first-order chi connectivity index (χ1) is 4.30. The summed E-state index contributed by atoms with van der Waals surface area (Å²) in [7, 11) is 0. The topological polar surface area (TPSA) is 17.1 Å². The Bertz CT molecular complexity index is 210. The molecule has 0 N–H and O–H groups in total. The molecule has 0 fully saturated rings. The van der Waals surface area contributed by atoms with Gasteiger partial charge in [-0.3, -0.25) is 0 Å². The molecule has 0 radical (unpaired) electrons. The molecule has 0 saturated carbocycles. The lowest BCUT2D eigenvalue weighted by atomic mass is 10.4. The third-order valence-electron chi connectivity index (χ3n) is 0.959. The zero-order chi connectivity index (χ0) is 6.69. The summed E-state index contributed by atoms with van der Waals surface area (Å²) in [6, 6.07) is 9.28. The van der Waals surface area contributed by atoms with Gasteiger partial charge in [0.2, 0.25) is 5.30 Å². The van der Waals surface area contributed by atoms with Gasteiger partial charge < -0.3 is 0 Å². The SMILES string of the molecule is O=[P+](Br)c1ccccc1. The van der Waals surface area contributed by atoms with Crippen LogP contribution in [-0.4, -0.2) is 0 Å². The van der Waals surface area contributed by atoms with Crippen LogP contribution >= 0.6 is 22.0 Å². The van der Waals surface area contributed by atoms with E-state index in [4.69, 9.17) is 0 Å². The molecule has 0 saturated heterocycles. The second-order valence-corrected chi connectivity index (χ2v) is 4.52. The molecule has 0 aliphatic rings. The molecule has 0 heterocycles. The Balaban J connectivity index is 2.98. The van der Waals surface area contributed by atoms with Gasteiger partial charge in [-0.05, 0) is 12.1 Å². The zero-order valence-corrected chi connectivity index (χ0v) is 7.10. The van der Waals surface area contributed by atoms with Gasteiger partial charge in [0.1, 0.15) is 0 Å². The van der Waals surface area contributed by atoms with E-state index in [-0.39, 0.29) is 0 Å². The van der Waals surface area contributed by atoms with E-state index in [0.29, 0.717) is 0 Å². The van der Waals surface area contributed by atoms with Crippen LogP contribution < -0.4 is 5.30 Å². The molecule has 9 heavy (non-hydrogen) atoms. The second kappa shape index (κ2) is 3.09. The van der Waals surface area contributed by atoms with E-state index in [0.717, 1.165) is 5.30 Å². The molecule has 1 unspecified atom stereocenters. The molecule has 0 aromatic heterocycles. The standard InChI is InChI=1S/C6H5BrOP/c7-9(8)6-4-2-1-3-5-6/h1-5H/q+1. The van der Waals surface area contributed by atoms with E-state index in [2.05, 4.69) is 15.5 Å². The smallest absolute Gasteiger partial charge is 0.0619 e. The van der Waals surface area contributed by atoms with Crippen molar-refractivity contribution in [1.29, 1.82) is 0 Å². The Morgan fingerprint density at radius 2 is 1.78 bits per heavy atom. The molecule has 0 aliphatic carbocycles. The van der Waals surface area contributed by atoms with Gasteiger partial charge in [0.05, 0.1) is 0 Å². The van der Waals surface area contributed by atoms with Crippen molar-refractivity contribution in [2.24, 2.45) is 0 Å². The van der Waals surface area contributed by atoms with Gasteiger partial charge in [-0.1, -0.05) is 22.8 Å². The highest BCUT2D eigenvalue weighted by Gasteiger charge is 2.12. The maximum absolute atomic E-state index is 10.7. The Hall–Kier alpha value is -0.200. The first-order valence-corrected chi connectivity index (χ1v) is 5.76. The summed E-state index contributed by atoms with van der Waals surface area (Å²) >= 11 is 2.99. The maximum Gasteiger partial charge on any atom is 0.455 e. The first-order valence-electron chi connectivity index (χ1n) is 2.49. The van der Waals surface area contributed by atoms with Crippen LogP contribution in [0.1, 0.15) is 0 Å². The fourth-order valence-electron chi connectivity index (χ4n) is 0.545. The van der Waals surface area contributed by atoms with Crippen LogP contribution in [0.25, 0.3) is 0 Å². The molecular weight excluding hydrogens is 199 g/mol. The van der Waals surface area contributed by atoms with Crippen LogP contribution in [0, 0.1) is 0 Å². The molecule has 0 spiro atoms. The minimum Gasteiger partial charge on any atom is -0.0619 e. The van der Waals surface area contributed by atoms with Gasteiger partial charge in [0, 0.05) is 0 Å². The highest BCUT2D eigenvalue weighted by molar-refractivity contribution is 9.38. The van der Waals surface area contributed by atoms with Crippen molar-refractivity contribution >= 4 is 27.3 Å². The van der Waals surface area contributed by atoms with Crippen molar-refractivity contribution in [3.05, 3.63) is 30.3 Å². The lowest BCUT2D eigenvalue weighted by Crippen LogP contribution is -1.88. The van der Waals surface area contributed by atoms with Crippen LogP contribution in [-0.2, 0) is 4.57 Å². The Kier molecular flexibility index (Phi) is 2.38. The van der Waals surface area contributed by atoms with Crippen LogP contribution in [0.4, 0.5) is 0 Å².